The fourth-order valence-electron chi connectivity index (χ4n) is 3.40. The largest absolute Gasteiger partial charge is 0.457 e. The van der Waals surface area contributed by atoms with Crippen molar-refractivity contribution in [2.75, 3.05) is 11.5 Å². The van der Waals surface area contributed by atoms with E-state index in [4.69, 9.17) is 20.9 Å². The van der Waals surface area contributed by atoms with Crippen molar-refractivity contribution in [2.45, 2.75) is 13.8 Å². The third kappa shape index (κ3) is 4.39. The molecule has 30 heavy (non-hydrogen) atoms. The summed E-state index contributed by atoms with van der Waals surface area (Å²) in [6.45, 7) is 4.10. The number of hydrogen-bond acceptors (Lipinski definition) is 4. The standard InChI is InChI=1S/C26H24N2O2/c1-17-13-20(14-18(2)26(17)30-25-8-4-6-22(28)16-25)19-9-11-23(12-10-19)29-24-7-3-5-21(27)15-24/h3-16H,27-28H2,1-2H3. The molecule has 150 valence electrons. The molecule has 4 rings (SSSR count). The Morgan fingerprint density at radius 3 is 1.60 bits per heavy atom. The van der Waals surface area contributed by atoms with Crippen molar-refractivity contribution < 1.29 is 9.47 Å². The molecule has 0 amide bonds. The van der Waals surface area contributed by atoms with E-state index in [2.05, 4.69) is 26.0 Å². The first-order valence-electron chi connectivity index (χ1n) is 9.76. The first-order chi connectivity index (χ1) is 14.5. The van der Waals surface area contributed by atoms with Crippen LogP contribution in [0.3, 0.4) is 0 Å². The van der Waals surface area contributed by atoms with Crippen LogP contribution in [0.2, 0.25) is 0 Å². The fourth-order valence-corrected chi connectivity index (χ4v) is 3.40. The maximum Gasteiger partial charge on any atom is 0.133 e. The Labute approximate surface area is 176 Å². The molecule has 0 radical (unpaired) electrons. The van der Waals surface area contributed by atoms with Crippen molar-refractivity contribution in [3.05, 3.63) is 96.1 Å². The normalized spacial score (nSPS) is 10.6. The van der Waals surface area contributed by atoms with Crippen molar-refractivity contribution in [2.24, 2.45) is 0 Å². The monoisotopic (exact) mass is 396 g/mol. The van der Waals surface area contributed by atoms with Crippen molar-refractivity contribution >= 4 is 11.4 Å². The molecular formula is C26H24N2O2. The summed E-state index contributed by atoms with van der Waals surface area (Å²) in [5.74, 6) is 3.07. The van der Waals surface area contributed by atoms with Gasteiger partial charge in [-0.05, 0) is 84.6 Å². The Hall–Kier alpha value is -3.92. The lowest BCUT2D eigenvalue weighted by atomic mass is 9.99. The van der Waals surface area contributed by atoms with Gasteiger partial charge in [-0.25, -0.2) is 0 Å². The Balaban J connectivity index is 1.55. The molecule has 4 aromatic rings. The third-order valence-electron chi connectivity index (χ3n) is 4.82. The van der Waals surface area contributed by atoms with E-state index >= 15 is 0 Å². The van der Waals surface area contributed by atoms with Crippen LogP contribution in [-0.4, -0.2) is 0 Å². The SMILES string of the molecule is Cc1cc(-c2ccc(Oc3cccc(N)c3)cc2)cc(C)c1Oc1cccc(N)c1. The Morgan fingerprint density at radius 2 is 1.07 bits per heavy atom. The summed E-state index contributed by atoms with van der Waals surface area (Å²) in [5, 5.41) is 0. The topological polar surface area (TPSA) is 70.5 Å². The predicted molar refractivity (Wildman–Crippen MR) is 123 cm³/mol. The van der Waals surface area contributed by atoms with Crippen LogP contribution in [0, 0.1) is 13.8 Å². The molecule has 0 saturated carbocycles. The van der Waals surface area contributed by atoms with Gasteiger partial charge >= 0.3 is 0 Å². The number of nitrogens with two attached hydrogens (primary N) is 2. The van der Waals surface area contributed by atoms with E-state index in [9.17, 15) is 0 Å². The lowest BCUT2D eigenvalue weighted by Gasteiger charge is -2.15. The van der Waals surface area contributed by atoms with Gasteiger partial charge in [0.05, 0.1) is 0 Å². The molecule has 0 aromatic heterocycles. The number of benzene rings is 4. The second-order valence-corrected chi connectivity index (χ2v) is 7.31. The van der Waals surface area contributed by atoms with Crippen molar-refractivity contribution in [3.63, 3.8) is 0 Å². The van der Waals surface area contributed by atoms with E-state index in [1.54, 1.807) is 6.07 Å². The van der Waals surface area contributed by atoms with Crippen LogP contribution in [0.5, 0.6) is 23.0 Å². The van der Waals surface area contributed by atoms with Crippen LogP contribution >= 0.6 is 0 Å². The van der Waals surface area contributed by atoms with Crippen LogP contribution in [0.1, 0.15) is 11.1 Å². The summed E-state index contributed by atoms with van der Waals surface area (Å²) in [6.07, 6.45) is 0. The van der Waals surface area contributed by atoms with Gasteiger partial charge in [0.15, 0.2) is 0 Å². The number of anilines is 2. The smallest absolute Gasteiger partial charge is 0.133 e. The van der Waals surface area contributed by atoms with Gasteiger partial charge in [-0.2, -0.15) is 0 Å². The van der Waals surface area contributed by atoms with Gasteiger partial charge in [0.1, 0.15) is 23.0 Å². The van der Waals surface area contributed by atoms with Gasteiger partial charge in [0.2, 0.25) is 0 Å². The van der Waals surface area contributed by atoms with Crippen molar-refractivity contribution in [3.8, 4) is 34.1 Å². The van der Waals surface area contributed by atoms with E-state index in [1.165, 1.54) is 0 Å². The molecule has 4 N–H and O–H groups in total. The molecule has 0 aliphatic rings. The van der Waals surface area contributed by atoms with E-state index in [-0.39, 0.29) is 0 Å². The Bertz CT molecular complexity index is 1160. The molecule has 0 atom stereocenters. The summed E-state index contributed by atoms with van der Waals surface area (Å²) in [6, 6.07) is 27.1. The van der Waals surface area contributed by atoms with E-state index in [1.807, 2.05) is 66.7 Å². The zero-order chi connectivity index (χ0) is 21.1. The number of ether oxygens (including phenoxy) is 2. The molecule has 0 heterocycles. The molecule has 0 bridgehead atoms. The fraction of sp³-hybridized carbons (Fsp3) is 0.0769. The Morgan fingerprint density at radius 1 is 0.533 bits per heavy atom. The first kappa shape index (κ1) is 19.4. The van der Waals surface area contributed by atoms with E-state index in [0.29, 0.717) is 11.4 Å². The van der Waals surface area contributed by atoms with Crippen LogP contribution in [0.15, 0.2) is 84.9 Å². The maximum atomic E-state index is 6.10. The first-order valence-corrected chi connectivity index (χ1v) is 9.76. The third-order valence-corrected chi connectivity index (χ3v) is 4.82. The maximum absolute atomic E-state index is 6.10. The number of aryl methyl sites for hydroxylation is 2. The molecule has 0 saturated heterocycles. The quantitative estimate of drug-likeness (QED) is 0.367. The van der Waals surface area contributed by atoms with Gasteiger partial charge < -0.3 is 20.9 Å². The molecular weight excluding hydrogens is 372 g/mol. The molecule has 0 fully saturated rings. The van der Waals surface area contributed by atoms with E-state index < -0.39 is 0 Å². The number of nitrogen functional groups attached to an aromatic ring is 2. The zero-order valence-corrected chi connectivity index (χ0v) is 17.1. The molecule has 0 aliphatic carbocycles. The van der Waals surface area contributed by atoms with Gasteiger partial charge in [-0.3, -0.25) is 0 Å². The lowest BCUT2D eigenvalue weighted by molar-refractivity contribution is 0.475. The predicted octanol–water partition coefficient (Wildman–Crippen LogP) is 6.72. The molecule has 0 unspecified atom stereocenters. The number of hydrogen-bond donors (Lipinski definition) is 2. The lowest BCUT2D eigenvalue weighted by Crippen LogP contribution is -1.94. The minimum absolute atomic E-state index is 0.676. The summed E-state index contributed by atoms with van der Waals surface area (Å²) >= 11 is 0. The summed E-state index contributed by atoms with van der Waals surface area (Å²) in [5.41, 5.74) is 17.4. The highest BCUT2D eigenvalue weighted by atomic mass is 16.5. The van der Waals surface area contributed by atoms with Crippen molar-refractivity contribution in [1.29, 1.82) is 0 Å². The average molecular weight is 396 g/mol. The molecule has 0 aliphatic heterocycles. The second kappa shape index (κ2) is 8.21. The zero-order valence-electron chi connectivity index (χ0n) is 17.1. The minimum Gasteiger partial charge on any atom is -0.457 e. The minimum atomic E-state index is 0.676. The van der Waals surface area contributed by atoms with Crippen molar-refractivity contribution in [1.82, 2.24) is 0 Å². The highest BCUT2D eigenvalue weighted by molar-refractivity contribution is 5.68. The molecule has 4 heteroatoms. The molecule has 4 aromatic carbocycles. The summed E-state index contributed by atoms with van der Waals surface area (Å²) in [4.78, 5) is 0. The summed E-state index contributed by atoms with van der Waals surface area (Å²) < 4.78 is 12.0. The number of rotatable bonds is 5. The summed E-state index contributed by atoms with van der Waals surface area (Å²) in [7, 11) is 0. The van der Waals surface area contributed by atoms with E-state index in [0.717, 1.165) is 45.3 Å². The van der Waals surface area contributed by atoms with Crippen LogP contribution in [-0.2, 0) is 0 Å². The van der Waals surface area contributed by atoms with Crippen LogP contribution < -0.4 is 20.9 Å². The highest BCUT2D eigenvalue weighted by Crippen LogP contribution is 2.34. The van der Waals surface area contributed by atoms with Crippen LogP contribution in [0.25, 0.3) is 11.1 Å². The molecule has 0 spiro atoms. The van der Waals surface area contributed by atoms with Gasteiger partial charge in [0, 0.05) is 23.5 Å². The Kier molecular flexibility index (Phi) is 5.31. The van der Waals surface area contributed by atoms with Gasteiger partial charge in [-0.1, -0.05) is 24.3 Å². The highest BCUT2D eigenvalue weighted by Gasteiger charge is 2.10. The van der Waals surface area contributed by atoms with Gasteiger partial charge in [0.25, 0.3) is 0 Å². The molecule has 4 nitrogen and oxygen atoms in total. The average Bonchev–Trinajstić information content (AvgIpc) is 2.71. The van der Waals surface area contributed by atoms with Gasteiger partial charge in [-0.15, -0.1) is 0 Å². The second-order valence-electron chi connectivity index (χ2n) is 7.31. The van der Waals surface area contributed by atoms with Crippen LogP contribution in [0.4, 0.5) is 11.4 Å².